The SMILES string of the molecule is COc1ccc(C(=O)Nc2ccc(Sc3ccc(C)c(C)c3)cc2)cc1[N+](=O)[O-]. The lowest BCUT2D eigenvalue weighted by atomic mass is 10.1. The molecule has 0 radical (unpaired) electrons. The molecule has 0 saturated carbocycles. The van der Waals surface area contributed by atoms with Gasteiger partial charge in [-0.15, -0.1) is 0 Å². The molecule has 1 N–H and O–H groups in total. The molecule has 3 aromatic carbocycles. The van der Waals surface area contributed by atoms with Crippen LogP contribution in [-0.2, 0) is 0 Å². The van der Waals surface area contributed by atoms with E-state index >= 15 is 0 Å². The van der Waals surface area contributed by atoms with Crippen molar-refractivity contribution < 1.29 is 14.5 Å². The summed E-state index contributed by atoms with van der Waals surface area (Å²) in [5.74, 6) is -0.315. The topological polar surface area (TPSA) is 81.5 Å². The zero-order valence-corrected chi connectivity index (χ0v) is 17.1. The van der Waals surface area contributed by atoms with Crippen LogP contribution < -0.4 is 10.1 Å². The first-order valence-electron chi connectivity index (χ1n) is 8.86. The molecule has 0 aliphatic rings. The van der Waals surface area contributed by atoms with Crippen molar-refractivity contribution in [2.75, 3.05) is 12.4 Å². The van der Waals surface area contributed by atoms with Gasteiger partial charge in [0.1, 0.15) is 0 Å². The normalized spacial score (nSPS) is 10.4. The second kappa shape index (κ2) is 8.79. The van der Waals surface area contributed by atoms with E-state index in [-0.39, 0.29) is 17.0 Å². The maximum atomic E-state index is 12.5. The van der Waals surface area contributed by atoms with Crippen LogP contribution in [0, 0.1) is 24.0 Å². The predicted octanol–water partition coefficient (Wildman–Crippen LogP) is 5.62. The largest absolute Gasteiger partial charge is 0.490 e. The Morgan fingerprint density at radius 2 is 1.66 bits per heavy atom. The Morgan fingerprint density at radius 3 is 2.28 bits per heavy atom. The summed E-state index contributed by atoms with van der Waals surface area (Å²) >= 11 is 1.64. The summed E-state index contributed by atoms with van der Waals surface area (Å²) in [7, 11) is 1.35. The van der Waals surface area contributed by atoms with Crippen molar-refractivity contribution >= 4 is 29.0 Å². The highest BCUT2D eigenvalue weighted by Gasteiger charge is 2.18. The van der Waals surface area contributed by atoms with Gasteiger partial charge in [-0.1, -0.05) is 17.8 Å². The number of rotatable bonds is 6. The third-order valence-corrected chi connectivity index (χ3v) is 5.46. The molecule has 0 unspecified atom stereocenters. The van der Waals surface area contributed by atoms with Crippen LogP contribution in [0.3, 0.4) is 0 Å². The van der Waals surface area contributed by atoms with Crippen LogP contribution in [0.2, 0.25) is 0 Å². The van der Waals surface area contributed by atoms with Crippen molar-refractivity contribution in [2.24, 2.45) is 0 Å². The number of hydrogen-bond acceptors (Lipinski definition) is 5. The van der Waals surface area contributed by atoms with Crippen LogP contribution in [0.15, 0.2) is 70.5 Å². The predicted molar refractivity (Wildman–Crippen MR) is 114 cm³/mol. The number of carbonyl (C=O) groups excluding carboxylic acids is 1. The van der Waals surface area contributed by atoms with E-state index in [0.717, 1.165) is 9.79 Å². The van der Waals surface area contributed by atoms with Gasteiger partial charge in [0.15, 0.2) is 5.75 Å². The van der Waals surface area contributed by atoms with Crippen LogP contribution >= 0.6 is 11.8 Å². The first-order valence-corrected chi connectivity index (χ1v) is 9.68. The number of amides is 1. The fourth-order valence-corrected chi connectivity index (χ4v) is 3.61. The average molecular weight is 408 g/mol. The van der Waals surface area contributed by atoms with Gasteiger partial charge in [0, 0.05) is 27.1 Å². The van der Waals surface area contributed by atoms with E-state index in [4.69, 9.17) is 4.74 Å². The standard InChI is InChI=1S/C22H20N2O4S/c1-14-4-8-19(12-15(14)2)29-18-9-6-17(7-10-18)23-22(25)16-5-11-21(28-3)20(13-16)24(26)27/h4-13H,1-3H3,(H,23,25). The van der Waals surface area contributed by atoms with Crippen LogP contribution in [-0.4, -0.2) is 17.9 Å². The van der Waals surface area contributed by atoms with Gasteiger partial charge < -0.3 is 10.1 Å². The molecule has 3 rings (SSSR count). The van der Waals surface area contributed by atoms with Gasteiger partial charge in [-0.05, 0) is 73.5 Å². The van der Waals surface area contributed by atoms with Crippen molar-refractivity contribution in [3.05, 3.63) is 87.5 Å². The first kappa shape index (κ1) is 20.4. The molecule has 6 nitrogen and oxygen atoms in total. The highest BCUT2D eigenvalue weighted by atomic mass is 32.2. The molecule has 0 heterocycles. The lowest BCUT2D eigenvalue weighted by Gasteiger charge is -2.08. The Bertz CT molecular complexity index is 1060. The number of nitro benzene ring substituents is 1. The summed E-state index contributed by atoms with van der Waals surface area (Å²) in [5, 5.41) is 13.9. The summed E-state index contributed by atoms with van der Waals surface area (Å²) in [4.78, 5) is 25.2. The average Bonchev–Trinajstić information content (AvgIpc) is 2.71. The minimum Gasteiger partial charge on any atom is -0.490 e. The van der Waals surface area contributed by atoms with E-state index < -0.39 is 10.8 Å². The zero-order chi connectivity index (χ0) is 21.0. The molecular weight excluding hydrogens is 388 g/mol. The van der Waals surface area contributed by atoms with Gasteiger partial charge in [-0.3, -0.25) is 14.9 Å². The Balaban J connectivity index is 1.70. The van der Waals surface area contributed by atoms with Gasteiger partial charge in [-0.25, -0.2) is 0 Å². The lowest BCUT2D eigenvalue weighted by molar-refractivity contribution is -0.385. The third-order valence-electron chi connectivity index (χ3n) is 4.46. The molecule has 0 spiro atoms. The number of nitro groups is 1. The molecule has 0 aliphatic heterocycles. The number of aryl methyl sites for hydroxylation is 2. The van der Waals surface area contributed by atoms with Crippen molar-refractivity contribution in [3.8, 4) is 5.75 Å². The van der Waals surface area contributed by atoms with Crippen molar-refractivity contribution in [2.45, 2.75) is 23.6 Å². The summed E-state index contributed by atoms with van der Waals surface area (Å²) in [6, 6.07) is 17.9. The number of anilines is 1. The van der Waals surface area contributed by atoms with Crippen molar-refractivity contribution in [1.82, 2.24) is 0 Å². The van der Waals surface area contributed by atoms with E-state index in [1.807, 2.05) is 12.1 Å². The molecule has 0 aromatic heterocycles. The highest BCUT2D eigenvalue weighted by Crippen LogP contribution is 2.30. The van der Waals surface area contributed by atoms with E-state index in [1.165, 1.54) is 36.4 Å². The molecule has 148 valence electrons. The summed E-state index contributed by atoms with van der Waals surface area (Å²) < 4.78 is 4.96. The monoisotopic (exact) mass is 408 g/mol. The molecule has 29 heavy (non-hydrogen) atoms. The van der Waals surface area contributed by atoms with Gasteiger partial charge >= 0.3 is 5.69 Å². The second-order valence-corrected chi connectivity index (χ2v) is 7.62. The second-order valence-electron chi connectivity index (χ2n) is 6.47. The number of methoxy groups -OCH3 is 1. The van der Waals surface area contributed by atoms with Crippen LogP contribution in [0.4, 0.5) is 11.4 Å². The molecule has 0 fully saturated rings. The van der Waals surface area contributed by atoms with Crippen LogP contribution in [0.5, 0.6) is 5.75 Å². The van der Waals surface area contributed by atoms with Gasteiger partial charge in [-0.2, -0.15) is 0 Å². The number of nitrogens with one attached hydrogen (secondary N) is 1. The van der Waals surface area contributed by atoms with Crippen LogP contribution in [0.25, 0.3) is 0 Å². The Labute approximate surface area is 173 Å². The van der Waals surface area contributed by atoms with Crippen molar-refractivity contribution in [3.63, 3.8) is 0 Å². The summed E-state index contributed by atoms with van der Waals surface area (Å²) in [6.07, 6.45) is 0. The number of hydrogen-bond donors (Lipinski definition) is 1. The van der Waals surface area contributed by atoms with E-state index in [9.17, 15) is 14.9 Å². The molecule has 0 atom stereocenters. The number of ether oxygens (including phenoxy) is 1. The fraction of sp³-hybridized carbons (Fsp3) is 0.136. The molecule has 0 saturated heterocycles. The van der Waals surface area contributed by atoms with E-state index in [0.29, 0.717) is 5.69 Å². The smallest absolute Gasteiger partial charge is 0.311 e. The Hall–Kier alpha value is -3.32. The number of nitrogens with zero attached hydrogens (tertiary/aromatic N) is 1. The maximum absolute atomic E-state index is 12.5. The van der Waals surface area contributed by atoms with Crippen molar-refractivity contribution in [1.29, 1.82) is 0 Å². The van der Waals surface area contributed by atoms with E-state index in [1.54, 1.807) is 23.9 Å². The molecule has 3 aromatic rings. The number of benzene rings is 3. The molecular formula is C22H20N2O4S. The Morgan fingerprint density at radius 1 is 0.966 bits per heavy atom. The minimum atomic E-state index is -0.575. The van der Waals surface area contributed by atoms with Gasteiger partial charge in [0.25, 0.3) is 5.91 Å². The zero-order valence-electron chi connectivity index (χ0n) is 16.3. The minimum absolute atomic E-state index is 0.110. The molecule has 0 aliphatic carbocycles. The first-order chi connectivity index (χ1) is 13.9. The fourth-order valence-electron chi connectivity index (χ4n) is 2.70. The lowest BCUT2D eigenvalue weighted by Crippen LogP contribution is -2.12. The molecule has 1 amide bonds. The third kappa shape index (κ3) is 4.94. The Kier molecular flexibility index (Phi) is 6.19. The number of carbonyl (C=O) groups is 1. The highest BCUT2D eigenvalue weighted by molar-refractivity contribution is 7.99. The quantitative estimate of drug-likeness (QED) is 0.423. The molecule has 7 heteroatoms. The molecule has 0 bridgehead atoms. The summed E-state index contributed by atoms with van der Waals surface area (Å²) in [5.41, 5.74) is 3.04. The van der Waals surface area contributed by atoms with Gasteiger partial charge in [0.2, 0.25) is 0 Å². The summed E-state index contributed by atoms with van der Waals surface area (Å²) in [6.45, 7) is 4.17. The van der Waals surface area contributed by atoms with Gasteiger partial charge in [0.05, 0.1) is 12.0 Å². The maximum Gasteiger partial charge on any atom is 0.311 e. The van der Waals surface area contributed by atoms with Crippen LogP contribution in [0.1, 0.15) is 21.5 Å². The van der Waals surface area contributed by atoms with E-state index in [2.05, 4.69) is 37.4 Å².